The Labute approximate surface area is 73.1 Å². The van der Waals surface area contributed by atoms with E-state index in [9.17, 15) is 17.6 Å². The summed E-state index contributed by atoms with van der Waals surface area (Å²) in [7, 11) is 1.52. The molecule has 0 saturated heterocycles. The number of allylic oxidation sites excluding steroid dienone is 4. The molecule has 0 fully saturated rings. The van der Waals surface area contributed by atoms with Crippen LogP contribution in [0.1, 0.15) is 12.8 Å². The fraction of sp³-hybridized carbons (Fsp3) is 0.500. The largest absolute Gasteiger partial charge is 0.418 e. The molecule has 1 N–H and O–H groups in total. The van der Waals surface area contributed by atoms with Gasteiger partial charge < -0.3 is 5.32 Å². The molecule has 0 aromatic heterocycles. The molecule has 1 rings (SSSR count). The lowest BCUT2D eigenvalue weighted by Crippen LogP contribution is -2.18. The van der Waals surface area contributed by atoms with Crippen LogP contribution in [-0.4, -0.2) is 13.2 Å². The summed E-state index contributed by atoms with van der Waals surface area (Å²) >= 11 is 0. The van der Waals surface area contributed by atoms with Crippen molar-refractivity contribution in [2.75, 3.05) is 7.05 Å². The first-order chi connectivity index (χ1) is 5.95. The number of hydrogen-bond acceptors (Lipinski definition) is 1. The summed E-state index contributed by atoms with van der Waals surface area (Å²) in [5.74, 6) is -1.08. The second-order valence-corrected chi connectivity index (χ2v) is 2.74. The van der Waals surface area contributed by atoms with Gasteiger partial charge in [-0.05, 0) is 12.5 Å². The van der Waals surface area contributed by atoms with Crippen LogP contribution in [0, 0.1) is 0 Å². The summed E-state index contributed by atoms with van der Waals surface area (Å²) in [6, 6.07) is 0. The summed E-state index contributed by atoms with van der Waals surface area (Å²) in [5.41, 5.74) is -0.753. The molecule has 0 unspecified atom stereocenters. The molecule has 0 spiro atoms. The molecule has 13 heavy (non-hydrogen) atoms. The Morgan fingerprint density at radius 3 is 2.38 bits per heavy atom. The maximum atomic E-state index is 12.7. The van der Waals surface area contributed by atoms with Gasteiger partial charge in [0.25, 0.3) is 0 Å². The monoisotopic (exact) mass is 195 g/mol. The molecule has 0 heterocycles. The molecule has 1 nitrogen and oxygen atoms in total. The van der Waals surface area contributed by atoms with Crippen molar-refractivity contribution in [1.29, 1.82) is 0 Å². The zero-order chi connectivity index (χ0) is 10.1. The van der Waals surface area contributed by atoms with Gasteiger partial charge in [0.05, 0.1) is 5.57 Å². The Balaban J connectivity index is 2.99. The van der Waals surface area contributed by atoms with Crippen molar-refractivity contribution < 1.29 is 17.6 Å². The SMILES string of the molecule is CNC1=CC(C(F)(F)F)=C(F)CC1. The molecule has 5 heteroatoms. The van der Waals surface area contributed by atoms with Crippen LogP contribution >= 0.6 is 0 Å². The Bertz CT molecular complexity index is 262. The lowest BCUT2D eigenvalue weighted by atomic mass is 10.0. The van der Waals surface area contributed by atoms with Gasteiger partial charge in [-0.3, -0.25) is 0 Å². The first-order valence-corrected chi connectivity index (χ1v) is 3.79. The average molecular weight is 195 g/mol. The Kier molecular flexibility index (Phi) is 2.63. The van der Waals surface area contributed by atoms with Gasteiger partial charge >= 0.3 is 6.18 Å². The van der Waals surface area contributed by atoms with Crippen LogP contribution in [-0.2, 0) is 0 Å². The molecule has 1 aliphatic rings. The molecular weight excluding hydrogens is 186 g/mol. The molecular formula is C8H9F4N. The summed E-state index contributed by atoms with van der Waals surface area (Å²) in [6.07, 6.45) is -3.66. The third-order valence-corrected chi connectivity index (χ3v) is 1.85. The van der Waals surface area contributed by atoms with E-state index in [0.717, 1.165) is 6.08 Å². The number of nitrogens with one attached hydrogen (secondary N) is 1. The number of hydrogen-bond donors (Lipinski definition) is 1. The second-order valence-electron chi connectivity index (χ2n) is 2.74. The molecule has 1 aliphatic carbocycles. The van der Waals surface area contributed by atoms with Crippen molar-refractivity contribution in [1.82, 2.24) is 5.32 Å². The molecule has 0 aromatic carbocycles. The fourth-order valence-corrected chi connectivity index (χ4v) is 1.14. The van der Waals surface area contributed by atoms with Crippen molar-refractivity contribution in [3.05, 3.63) is 23.2 Å². The van der Waals surface area contributed by atoms with Crippen LogP contribution in [0.4, 0.5) is 17.6 Å². The zero-order valence-electron chi connectivity index (χ0n) is 7.00. The minimum Gasteiger partial charge on any atom is -0.391 e. The summed E-state index contributed by atoms with van der Waals surface area (Å²) in [4.78, 5) is 0. The quantitative estimate of drug-likeness (QED) is 0.634. The highest BCUT2D eigenvalue weighted by molar-refractivity contribution is 5.33. The van der Waals surface area contributed by atoms with Gasteiger partial charge in [-0.1, -0.05) is 0 Å². The lowest BCUT2D eigenvalue weighted by molar-refractivity contribution is -0.0905. The highest BCUT2D eigenvalue weighted by Crippen LogP contribution is 2.35. The normalized spacial score (nSPS) is 18.7. The van der Waals surface area contributed by atoms with Gasteiger partial charge in [0.15, 0.2) is 0 Å². The lowest BCUT2D eigenvalue weighted by Gasteiger charge is -2.17. The molecule has 74 valence electrons. The fourth-order valence-electron chi connectivity index (χ4n) is 1.14. The Morgan fingerprint density at radius 1 is 1.31 bits per heavy atom. The van der Waals surface area contributed by atoms with Crippen molar-refractivity contribution in [2.24, 2.45) is 0 Å². The topological polar surface area (TPSA) is 12.0 Å². The molecule has 0 amide bonds. The van der Waals surface area contributed by atoms with E-state index >= 15 is 0 Å². The molecule has 0 bridgehead atoms. The summed E-state index contributed by atoms with van der Waals surface area (Å²) in [5, 5.41) is 2.59. The first kappa shape index (κ1) is 10.1. The van der Waals surface area contributed by atoms with Crippen molar-refractivity contribution in [3.63, 3.8) is 0 Å². The summed E-state index contributed by atoms with van der Waals surface area (Å²) < 4.78 is 49.1. The minimum atomic E-state index is -4.59. The molecule has 0 saturated carbocycles. The van der Waals surface area contributed by atoms with Crippen LogP contribution in [0.3, 0.4) is 0 Å². The van der Waals surface area contributed by atoms with Crippen LogP contribution in [0.2, 0.25) is 0 Å². The van der Waals surface area contributed by atoms with Crippen molar-refractivity contribution in [3.8, 4) is 0 Å². The molecule has 0 aromatic rings. The highest BCUT2D eigenvalue weighted by atomic mass is 19.4. The number of alkyl halides is 3. The van der Waals surface area contributed by atoms with E-state index in [-0.39, 0.29) is 6.42 Å². The third-order valence-electron chi connectivity index (χ3n) is 1.85. The van der Waals surface area contributed by atoms with Crippen LogP contribution in [0.25, 0.3) is 0 Å². The van der Waals surface area contributed by atoms with E-state index < -0.39 is 17.6 Å². The standard InChI is InChI=1S/C8H9F4N/c1-13-5-2-3-7(9)6(4-5)8(10,11)12/h4,13H,2-3H2,1H3. The van der Waals surface area contributed by atoms with Gasteiger partial charge in [0.2, 0.25) is 0 Å². The number of halogens is 4. The third kappa shape index (κ3) is 2.23. The molecule has 0 aliphatic heterocycles. The van der Waals surface area contributed by atoms with Crippen molar-refractivity contribution >= 4 is 0 Å². The number of rotatable bonds is 1. The van der Waals surface area contributed by atoms with Gasteiger partial charge in [-0.25, -0.2) is 4.39 Å². The molecule has 0 radical (unpaired) electrons. The predicted molar refractivity (Wildman–Crippen MR) is 40.6 cm³/mol. The van der Waals surface area contributed by atoms with Gasteiger partial charge in [-0.2, -0.15) is 13.2 Å². The Hall–Kier alpha value is -1.00. The van der Waals surface area contributed by atoms with E-state index in [1.807, 2.05) is 0 Å². The maximum Gasteiger partial charge on any atom is 0.418 e. The summed E-state index contributed by atoms with van der Waals surface area (Å²) in [6.45, 7) is 0. The van der Waals surface area contributed by atoms with Gasteiger partial charge in [0, 0.05) is 19.2 Å². The van der Waals surface area contributed by atoms with Gasteiger partial charge in [-0.15, -0.1) is 0 Å². The van der Waals surface area contributed by atoms with E-state index in [1.165, 1.54) is 7.05 Å². The van der Waals surface area contributed by atoms with E-state index in [2.05, 4.69) is 5.32 Å². The van der Waals surface area contributed by atoms with E-state index in [0.29, 0.717) is 12.1 Å². The van der Waals surface area contributed by atoms with E-state index in [1.54, 1.807) is 0 Å². The van der Waals surface area contributed by atoms with Crippen molar-refractivity contribution in [2.45, 2.75) is 19.0 Å². The molecule has 0 atom stereocenters. The van der Waals surface area contributed by atoms with Crippen LogP contribution in [0.15, 0.2) is 23.2 Å². The first-order valence-electron chi connectivity index (χ1n) is 3.79. The predicted octanol–water partition coefficient (Wildman–Crippen LogP) is 2.67. The zero-order valence-corrected chi connectivity index (χ0v) is 7.00. The highest BCUT2D eigenvalue weighted by Gasteiger charge is 2.36. The van der Waals surface area contributed by atoms with Gasteiger partial charge in [0.1, 0.15) is 5.83 Å². The minimum absolute atomic E-state index is 0.179. The van der Waals surface area contributed by atoms with Crippen LogP contribution < -0.4 is 5.32 Å². The van der Waals surface area contributed by atoms with Crippen LogP contribution in [0.5, 0.6) is 0 Å². The second kappa shape index (κ2) is 3.40. The van der Waals surface area contributed by atoms with E-state index in [4.69, 9.17) is 0 Å². The smallest absolute Gasteiger partial charge is 0.391 e. The Morgan fingerprint density at radius 2 is 1.92 bits per heavy atom. The average Bonchev–Trinajstić information content (AvgIpc) is 2.03. The maximum absolute atomic E-state index is 12.7.